The lowest BCUT2D eigenvalue weighted by Crippen LogP contribution is -2.41. The standard InChI is InChI=1S/C15H27N3O2/c1-3-16-15(17-7-8-19-4-2)18-9-11-12(10-18)14-6-5-13(11)20-14/h11-14H,3-10H2,1-2H3,(H,16,17). The van der Waals surface area contributed by atoms with Gasteiger partial charge in [0.05, 0.1) is 25.4 Å². The second-order valence-corrected chi connectivity index (χ2v) is 5.96. The third-order valence-electron chi connectivity index (χ3n) is 4.79. The van der Waals surface area contributed by atoms with Gasteiger partial charge in [-0.15, -0.1) is 0 Å². The van der Waals surface area contributed by atoms with Gasteiger partial charge in [0.1, 0.15) is 0 Å². The SMILES string of the molecule is CCNC(=NCCOCC)N1CC2C3CCC(O3)C2C1. The quantitative estimate of drug-likeness (QED) is 0.466. The number of likely N-dealkylation sites (tertiary alicyclic amines) is 1. The van der Waals surface area contributed by atoms with E-state index in [0.717, 1.165) is 50.6 Å². The lowest BCUT2D eigenvalue weighted by molar-refractivity contribution is 0.0766. The smallest absolute Gasteiger partial charge is 0.194 e. The van der Waals surface area contributed by atoms with E-state index in [0.29, 0.717) is 18.8 Å². The van der Waals surface area contributed by atoms with E-state index in [9.17, 15) is 0 Å². The van der Waals surface area contributed by atoms with E-state index in [1.54, 1.807) is 0 Å². The summed E-state index contributed by atoms with van der Waals surface area (Å²) < 4.78 is 11.4. The molecule has 1 N–H and O–H groups in total. The van der Waals surface area contributed by atoms with Crippen molar-refractivity contribution in [3.05, 3.63) is 0 Å². The Hall–Kier alpha value is -0.810. The third-order valence-corrected chi connectivity index (χ3v) is 4.79. The molecule has 5 nitrogen and oxygen atoms in total. The molecule has 2 bridgehead atoms. The van der Waals surface area contributed by atoms with Crippen molar-refractivity contribution in [1.29, 1.82) is 0 Å². The van der Waals surface area contributed by atoms with Crippen LogP contribution in [-0.2, 0) is 9.47 Å². The molecule has 5 heteroatoms. The fraction of sp³-hybridized carbons (Fsp3) is 0.933. The monoisotopic (exact) mass is 281 g/mol. The summed E-state index contributed by atoms with van der Waals surface area (Å²) in [6, 6.07) is 0. The first-order valence-electron chi connectivity index (χ1n) is 8.10. The molecular formula is C15H27N3O2. The summed E-state index contributed by atoms with van der Waals surface area (Å²) in [7, 11) is 0. The third kappa shape index (κ3) is 2.66. The fourth-order valence-corrected chi connectivity index (χ4v) is 3.92. The van der Waals surface area contributed by atoms with E-state index in [-0.39, 0.29) is 0 Å². The van der Waals surface area contributed by atoms with Gasteiger partial charge >= 0.3 is 0 Å². The number of hydrogen-bond acceptors (Lipinski definition) is 3. The molecule has 3 aliphatic heterocycles. The number of rotatable bonds is 5. The molecule has 0 aromatic heterocycles. The van der Waals surface area contributed by atoms with Gasteiger partial charge in [-0.3, -0.25) is 4.99 Å². The highest BCUT2D eigenvalue weighted by atomic mass is 16.5. The Morgan fingerprint density at radius 1 is 1.25 bits per heavy atom. The molecule has 0 aromatic carbocycles. The molecule has 4 atom stereocenters. The van der Waals surface area contributed by atoms with Crippen LogP contribution in [0, 0.1) is 11.8 Å². The normalized spacial score (nSPS) is 35.7. The Morgan fingerprint density at radius 2 is 1.95 bits per heavy atom. The molecule has 3 heterocycles. The van der Waals surface area contributed by atoms with E-state index in [1.165, 1.54) is 12.8 Å². The van der Waals surface area contributed by atoms with Crippen LogP contribution >= 0.6 is 0 Å². The molecule has 0 spiro atoms. The van der Waals surface area contributed by atoms with Gasteiger partial charge in [-0.2, -0.15) is 0 Å². The molecule has 0 radical (unpaired) electrons. The summed E-state index contributed by atoms with van der Waals surface area (Å²) in [5.41, 5.74) is 0. The topological polar surface area (TPSA) is 46.1 Å². The summed E-state index contributed by atoms with van der Waals surface area (Å²) in [5, 5.41) is 3.42. The maximum atomic E-state index is 6.03. The Kier molecular flexibility index (Phi) is 4.46. The zero-order valence-corrected chi connectivity index (χ0v) is 12.7. The first-order chi connectivity index (χ1) is 9.83. The number of fused-ring (bicyclic) bond motifs is 5. The van der Waals surface area contributed by atoms with Crippen molar-refractivity contribution in [2.24, 2.45) is 16.8 Å². The summed E-state index contributed by atoms with van der Waals surface area (Å²) >= 11 is 0. The van der Waals surface area contributed by atoms with Gasteiger partial charge in [0.25, 0.3) is 0 Å². The molecule has 3 rings (SSSR count). The van der Waals surface area contributed by atoms with Crippen molar-refractivity contribution in [2.45, 2.75) is 38.9 Å². The average molecular weight is 281 g/mol. The molecule has 4 unspecified atom stereocenters. The number of hydrogen-bond donors (Lipinski definition) is 1. The molecule has 0 aromatic rings. The number of nitrogens with zero attached hydrogens (tertiary/aromatic N) is 2. The molecule has 0 aliphatic carbocycles. The van der Waals surface area contributed by atoms with Crippen LogP contribution in [0.1, 0.15) is 26.7 Å². The van der Waals surface area contributed by atoms with Crippen molar-refractivity contribution in [3.63, 3.8) is 0 Å². The van der Waals surface area contributed by atoms with Crippen LogP contribution in [0.15, 0.2) is 4.99 Å². The minimum Gasteiger partial charge on any atom is -0.380 e. The molecule has 3 aliphatic rings. The predicted octanol–water partition coefficient (Wildman–Crippen LogP) is 1.10. The van der Waals surface area contributed by atoms with Crippen molar-refractivity contribution in [2.75, 3.05) is 39.4 Å². The van der Waals surface area contributed by atoms with E-state index >= 15 is 0 Å². The number of nitrogens with one attached hydrogen (secondary N) is 1. The Bertz CT molecular complexity index is 343. The largest absolute Gasteiger partial charge is 0.380 e. The highest BCUT2D eigenvalue weighted by molar-refractivity contribution is 5.80. The summed E-state index contributed by atoms with van der Waals surface area (Å²) in [5.74, 6) is 2.51. The summed E-state index contributed by atoms with van der Waals surface area (Å²) in [6.45, 7) is 9.49. The van der Waals surface area contributed by atoms with Crippen molar-refractivity contribution < 1.29 is 9.47 Å². The van der Waals surface area contributed by atoms with Gasteiger partial charge in [0.15, 0.2) is 5.96 Å². The van der Waals surface area contributed by atoms with Gasteiger partial charge < -0.3 is 19.7 Å². The van der Waals surface area contributed by atoms with Crippen molar-refractivity contribution in [3.8, 4) is 0 Å². The lowest BCUT2D eigenvalue weighted by Gasteiger charge is -2.23. The number of aliphatic imine (C=N–C) groups is 1. The van der Waals surface area contributed by atoms with E-state index in [2.05, 4.69) is 17.1 Å². The molecule has 20 heavy (non-hydrogen) atoms. The maximum absolute atomic E-state index is 6.03. The highest BCUT2D eigenvalue weighted by Crippen LogP contribution is 2.47. The van der Waals surface area contributed by atoms with Crippen molar-refractivity contribution >= 4 is 5.96 Å². The van der Waals surface area contributed by atoms with Gasteiger partial charge in [-0.05, 0) is 26.7 Å². The summed E-state index contributed by atoms with van der Waals surface area (Å²) in [6.07, 6.45) is 3.55. The molecule has 0 amide bonds. The van der Waals surface area contributed by atoms with Crippen LogP contribution in [0.25, 0.3) is 0 Å². The summed E-state index contributed by atoms with van der Waals surface area (Å²) in [4.78, 5) is 7.13. The molecule has 114 valence electrons. The number of ether oxygens (including phenoxy) is 2. The van der Waals surface area contributed by atoms with E-state index in [1.807, 2.05) is 6.92 Å². The van der Waals surface area contributed by atoms with Gasteiger partial charge in [-0.1, -0.05) is 0 Å². The van der Waals surface area contributed by atoms with Crippen LogP contribution in [-0.4, -0.2) is 62.5 Å². The predicted molar refractivity (Wildman–Crippen MR) is 78.9 cm³/mol. The van der Waals surface area contributed by atoms with Crippen LogP contribution < -0.4 is 5.32 Å². The molecule has 3 fully saturated rings. The van der Waals surface area contributed by atoms with Crippen molar-refractivity contribution in [1.82, 2.24) is 10.2 Å². The second kappa shape index (κ2) is 6.31. The van der Waals surface area contributed by atoms with Crippen LogP contribution in [0.3, 0.4) is 0 Å². The van der Waals surface area contributed by atoms with E-state index < -0.39 is 0 Å². The van der Waals surface area contributed by atoms with Crippen LogP contribution in [0.4, 0.5) is 0 Å². The molecule has 3 saturated heterocycles. The van der Waals surface area contributed by atoms with Gasteiger partial charge in [0.2, 0.25) is 0 Å². The second-order valence-electron chi connectivity index (χ2n) is 5.96. The van der Waals surface area contributed by atoms with Crippen LogP contribution in [0.2, 0.25) is 0 Å². The van der Waals surface area contributed by atoms with Gasteiger partial charge in [-0.25, -0.2) is 0 Å². The fourth-order valence-electron chi connectivity index (χ4n) is 3.92. The Balaban J connectivity index is 1.58. The van der Waals surface area contributed by atoms with E-state index in [4.69, 9.17) is 14.5 Å². The zero-order valence-electron chi connectivity index (χ0n) is 12.7. The number of guanidine groups is 1. The average Bonchev–Trinajstić information content (AvgIpc) is 3.13. The minimum absolute atomic E-state index is 0.515. The highest BCUT2D eigenvalue weighted by Gasteiger charge is 2.53. The first-order valence-corrected chi connectivity index (χ1v) is 8.10. The van der Waals surface area contributed by atoms with Crippen LogP contribution in [0.5, 0.6) is 0 Å². The maximum Gasteiger partial charge on any atom is 0.194 e. The zero-order chi connectivity index (χ0) is 13.9. The Morgan fingerprint density at radius 3 is 2.55 bits per heavy atom. The Labute approximate surface area is 121 Å². The lowest BCUT2D eigenvalue weighted by atomic mass is 9.82. The molecule has 0 saturated carbocycles. The molecular weight excluding hydrogens is 254 g/mol. The first kappa shape index (κ1) is 14.1. The van der Waals surface area contributed by atoms with Gasteiger partial charge in [0, 0.05) is 38.1 Å². The minimum atomic E-state index is 0.515.